The van der Waals surface area contributed by atoms with E-state index in [4.69, 9.17) is 0 Å². The van der Waals surface area contributed by atoms with Gasteiger partial charge in [0, 0.05) is 28.5 Å². The van der Waals surface area contributed by atoms with Gasteiger partial charge in [0.15, 0.2) is 5.78 Å². The fourth-order valence-corrected chi connectivity index (χ4v) is 2.02. The summed E-state index contributed by atoms with van der Waals surface area (Å²) in [5, 5.41) is 17.8. The third-order valence-electron chi connectivity index (χ3n) is 3.28. The molecule has 0 atom stereocenters. The topological polar surface area (TPSA) is 88.9 Å². The van der Waals surface area contributed by atoms with Crippen LogP contribution in [0.15, 0.2) is 24.3 Å². The van der Waals surface area contributed by atoms with Gasteiger partial charge in [-0.1, -0.05) is 12.1 Å². The average molecular weight is 285 g/mol. The zero-order chi connectivity index (χ0) is 15.6. The van der Waals surface area contributed by atoms with E-state index in [2.05, 4.69) is 10.2 Å². The highest BCUT2D eigenvalue weighted by Gasteiger charge is 2.13. The fourth-order valence-electron chi connectivity index (χ4n) is 2.02. The SMILES string of the molecule is Cc1ccc(C(=O)C=Cc2c(C)n[nH]c2C)cc1[N+](=O)[O-]. The zero-order valence-corrected chi connectivity index (χ0v) is 12.0. The van der Waals surface area contributed by atoms with Crippen molar-refractivity contribution in [3.63, 3.8) is 0 Å². The normalized spacial score (nSPS) is 11.0. The highest BCUT2D eigenvalue weighted by Crippen LogP contribution is 2.20. The van der Waals surface area contributed by atoms with Crippen LogP contribution in [0.5, 0.6) is 0 Å². The number of rotatable bonds is 4. The van der Waals surface area contributed by atoms with Crippen molar-refractivity contribution in [2.24, 2.45) is 0 Å². The molecule has 0 radical (unpaired) electrons. The van der Waals surface area contributed by atoms with Crippen molar-refractivity contribution in [2.75, 3.05) is 0 Å². The number of aromatic amines is 1. The van der Waals surface area contributed by atoms with Crippen molar-refractivity contribution in [1.29, 1.82) is 0 Å². The predicted octanol–water partition coefficient (Wildman–Crippen LogP) is 3.14. The van der Waals surface area contributed by atoms with Gasteiger partial charge in [-0.15, -0.1) is 0 Å². The van der Waals surface area contributed by atoms with Gasteiger partial charge in [0.1, 0.15) is 0 Å². The van der Waals surface area contributed by atoms with Crippen molar-refractivity contribution in [3.05, 3.63) is 62.5 Å². The lowest BCUT2D eigenvalue weighted by molar-refractivity contribution is -0.385. The zero-order valence-electron chi connectivity index (χ0n) is 12.0. The lowest BCUT2D eigenvalue weighted by atomic mass is 10.1. The van der Waals surface area contributed by atoms with E-state index in [0.29, 0.717) is 11.1 Å². The summed E-state index contributed by atoms with van der Waals surface area (Å²) >= 11 is 0. The van der Waals surface area contributed by atoms with Gasteiger partial charge in [-0.05, 0) is 32.9 Å². The summed E-state index contributed by atoms with van der Waals surface area (Å²) in [6.07, 6.45) is 3.07. The maximum absolute atomic E-state index is 12.1. The van der Waals surface area contributed by atoms with E-state index in [1.165, 1.54) is 12.1 Å². The monoisotopic (exact) mass is 285 g/mol. The Morgan fingerprint density at radius 3 is 2.62 bits per heavy atom. The first-order valence-corrected chi connectivity index (χ1v) is 6.39. The number of nitrogens with zero attached hydrogens (tertiary/aromatic N) is 2. The third kappa shape index (κ3) is 3.05. The lowest BCUT2D eigenvalue weighted by Gasteiger charge is -2.00. The molecule has 0 saturated carbocycles. The molecule has 0 aliphatic heterocycles. The van der Waals surface area contributed by atoms with Crippen molar-refractivity contribution >= 4 is 17.5 Å². The minimum atomic E-state index is -0.486. The molecule has 1 N–H and O–H groups in total. The molecule has 0 aliphatic rings. The van der Waals surface area contributed by atoms with Crippen LogP contribution >= 0.6 is 0 Å². The van der Waals surface area contributed by atoms with Gasteiger partial charge < -0.3 is 0 Å². The van der Waals surface area contributed by atoms with E-state index in [1.807, 2.05) is 13.8 Å². The van der Waals surface area contributed by atoms with E-state index in [1.54, 1.807) is 25.1 Å². The second kappa shape index (κ2) is 5.70. The van der Waals surface area contributed by atoms with Crippen LogP contribution in [0.25, 0.3) is 6.08 Å². The molecule has 1 heterocycles. The molecular weight excluding hydrogens is 270 g/mol. The molecule has 0 spiro atoms. The third-order valence-corrected chi connectivity index (χ3v) is 3.28. The van der Waals surface area contributed by atoms with Gasteiger partial charge in [-0.2, -0.15) is 5.10 Å². The van der Waals surface area contributed by atoms with E-state index < -0.39 is 4.92 Å². The molecule has 0 unspecified atom stereocenters. The minimum absolute atomic E-state index is 0.0510. The van der Waals surface area contributed by atoms with Crippen LogP contribution in [0.4, 0.5) is 5.69 Å². The number of nitro benzene ring substituents is 1. The molecule has 0 saturated heterocycles. The molecule has 6 heteroatoms. The quantitative estimate of drug-likeness (QED) is 0.404. The molecule has 1 aromatic carbocycles. The van der Waals surface area contributed by atoms with Crippen LogP contribution in [0, 0.1) is 30.9 Å². The molecule has 1 aromatic heterocycles. The number of aryl methyl sites for hydroxylation is 3. The van der Waals surface area contributed by atoms with Crippen LogP contribution in [0.1, 0.15) is 32.9 Å². The first-order chi connectivity index (χ1) is 9.90. The number of nitro groups is 1. The number of carbonyl (C=O) groups is 1. The second-order valence-corrected chi connectivity index (χ2v) is 4.80. The van der Waals surface area contributed by atoms with E-state index in [9.17, 15) is 14.9 Å². The number of hydrogen-bond acceptors (Lipinski definition) is 4. The van der Waals surface area contributed by atoms with Gasteiger partial charge in [0.25, 0.3) is 5.69 Å². The Morgan fingerprint density at radius 2 is 2.05 bits per heavy atom. The second-order valence-electron chi connectivity index (χ2n) is 4.80. The van der Waals surface area contributed by atoms with E-state index >= 15 is 0 Å². The number of benzene rings is 1. The van der Waals surface area contributed by atoms with Gasteiger partial charge in [-0.3, -0.25) is 20.0 Å². The number of ketones is 1. The number of carbonyl (C=O) groups excluding carboxylic acids is 1. The van der Waals surface area contributed by atoms with Crippen molar-refractivity contribution in [2.45, 2.75) is 20.8 Å². The summed E-state index contributed by atoms with van der Waals surface area (Å²) < 4.78 is 0. The van der Waals surface area contributed by atoms with Crippen LogP contribution < -0.4 is 0 Å². The fraction of sp³-hybridized carbons (Fsp3) is 0.200. The van der Waals surface area contributed by atoms with Crippen LogP contribution in [-0.2, 0) is 0 Å². The standard InChI is InChI=1S/C15H15N3O3/c1-9-4-5-12(8-14(9)18(20)21)15(19)7-6-13-10(2)16-17-11(13)3/h4-8H,1-3H3,(H,16,17). The smallest absolute Gasteiger partial charge is 0.273 e. The summed E-state index contributed by atoms with van der Waals surface area (Å²) in [7, 11) is 0. The Labute approximate surface area is 121 Å². The minimum Gasteiger partial charge on any atom is -0.289 e. The largest absolute Gasteiger partial charge is 0.289 e. The molecule has 6 nitrogen and oxygen atoms in total. The summed E-state index contributed by atoms with van der Waals surface area (Å²) in [5.74, 6) is -0.280. The predicted molar refractivity (Wildman–Crippen MR) is 79.3 cm³/mol. The van der Waals surface area contributed by atoms with Crippen LogP contribution in [-0.4, -0.2) is 20.9 Å². The summed E-state index contributed by atoms with van der Waals surface area (Å²) in [5.41, 5.74) is 3.29. The van der Waals surface area contributed by atoms with Crippen molar-refractivity contribution < 1.29 is 9.72 Å². The summed E-state index contributed by atoms with van der Waals surface area (Å²) in [6.45, 7) is 5.34. The number of H-pyrrole nitrogens is 1. The average Bonchev–Trinajstić information content (AvgIpc) is 2.75. The summed E-state index contributed by atoms with van der Waals surface area (Å²) in [6, 6.07) is 4.47. The maximum Gasteiger partial charge on any atom is 0.273 e. The molecule has 0 bridgehead atoms. The van der Waals surface area contributed by atoms with Gasteiger partial charge >= 0.3 is 0 Å². The van der Waals surface area contributed by atoms with E-state index in [0.717, 1.165) is 17.0 Å². The highest BCUT2D eigenvalue weighted by molar-refractivity contribution is 6.07. The van der Waals surface area contributed by atoms with Gasteiger partial charge in [-0.25, -0.2) is 0 Å². The summed E-state index contributed by atoms with van der Waals surface area (Å²) in [4.78, 5) is 22.5. The van der Waals surface area contributed by atoms with Crippen LogP contribution in [0.2, 0.25) is 0 Å². The molecule has 21 heavy (non-hydrogen) atoms. The molecule has 0 amide bonds. The molecule has 2 rings (SSSR count). The molecule has 0 fully saturated rings. The lowest BCUT2D eigenvalue weighted by Crippen LogP contribution is -1.98. The van der Waals surface area contributed by atoms with E-state index in [-0.39, 0.29) is 11.5 Å². The van der Waals surface area contributed by atoms with Crippen molar-refractivity contribution in [3.8, 4) is 0 Å². The Morgan fingerprint density at radius 1 is 1.33 bits per heavy atom. The molecule has 108 valence electrons. The number of nitrogens with one attached hydrogen (secondary N) is 1. The van der Waals surface area contributed by atoms with Gasteiger partial charge in [0.2, 0.25) is 0 Å². The molecular formula is C15H15N3O3. The first-order valence-electron chi connectivity index (χ1n) is 6.39. The van der Waals surface area contributed by atoms with Gasteiger partial charge in [0.05, 0.1) is 10.6 Å². The highest BCUT2D eigenvalue weighted by atomic mass is 16.6. The molecule has 2 aromatic rings. The number of allylic oxidation sites excluding steroid dienone is 1. The Balaban J connectivity index is 2.29. The Hall–Kier alpha value is -2.76. The number of hydrogen-bond donors (Lipinski definition) is 1. The van der Waals surface area contributed by atoms with Crippen LogP contribution in [0.3, 0.4) is 0 Å². The Kier molecular flexibility index (Phi) is 3.98. The Bertz CT molecular complexity index is 725. The number of aromatic nitrogens is 2. The van der Waals surface area contributed by atoms with Crippen molar-refractivity contribution in [1.82, 2.24) is 10.2 Å². The first kappa shape index (κ1) is 14.6. The molecule has 0 aliphatic carbocycles. The maximum atomic E-state index is 12.1.